The van der Waals surface area contributed by atoms with Gasteiger partial charge in [-0.2, -0.15) is 0 Å². The number of aliphatic imine (C=N–C) groups is 2. The van der Waals surface area contributed by atoms with Crippen molar-refractivity contribution in [2.24, 2.45) is 9.98 Å². The number of hydrogen-bond donors (Lipinski definition) is 0. The Kier molecular flexibility index (Phi) is 6.56. The molecule has 0 saturated carbocycles. The van der Waals surface area contributed by atoms with Gasteiger partial charge in [-0.15, -0.1) is 0 Å². The molecule has 1 aliphatic rings. The highest BCUT2D eigenvalue weighted by molar-refractivity contribution is 6.23. The van der Waals surface area contributed by atoms with Crippen molar-refractivity contribution in [2.45, 2.75) is 6.42 Å². The lowest BCUT2D eigenvalue weighted by molar-refractivity contribution is 0.669. The number of rotatable bonds is 4. The predicted molar refractivity (Wildman–Crippen MR) is 210 cm³/mol. The van der Waals surface area contributed by atoms with Crippen LogP contribution < -0.4 is 0 Å². The molecule has 8 aromatic carbocycles. The van der Waals surface area contributed by atoms with Crippen molar-refractivity contribution >= 4 is 71.5 Å². The first-order chi connectivity index (χ1) is 24.7. The zero-order valence-corrected chi connectivity index (χ0v) is 27.2. The molecule has 0 N–H and O–H groups in total. The maximum atomic E-state index is 6.48. The van der Waals surface area contributed by atoms with Crippen LogP contribution in [0.2, 0.25) is 0 Å². The Bertz CT molecular complexity index is 2900. The van der Waals surface area contributed by atoms with Crippen LogP contribution in [0.3, 0.4) is 0 Å². The normalized spacial score (nSPS) is 13.5. The molecule has 2 heterocycles. The second-order valence-corrected chi connectivity index (χ2v) is 13.0. The maximum absolute atomic E-state index is 6.48. The molecule has 10 rings (SSSR count). The van der Waals surface area contributed by atoms with Crippen molar-refractivity contribution in [3.8, 4) is 11.1 Å². The largest absolute Gasteiger partial charge is 0.456 e. The fourth-order valence-corrected chi connectivity index (χ4v) is 7.32. The van der Waals surface area contributed by atoms with Gasteiger partial charge < -0.3 is 4.42 Å². The van der Waals surface area contributed by atoms with Crippen LogP contribution in [0.1, 0.15) is 23.1 Å². The number of allylic oxidation sites excluding steroid dienone is 1. The molecule has 50 heavy (non-hydrogen) atoms. The molecule has 0 saturated heterocycles. The van der Waals surface area contributed by atoms with E-state index in [1.54, 1.807) is 0 Å². The van der Waals surface area contributed by atoms with Crippen LogP contribution in [0, 0.1) is 0 Å². The highest BCUT2D eigenvalue weighted by Crippen LogP contribution is 2.37. The van der Waals surface area contributed by atoms with E-state index in [0.717, 1.165) is 55.6 Å². The molecule has 0 atom stereocenters. The molecule has 1 aliphatic heterocycles. The van der Waals surface area contributed by atoms with E-state index in [2.05, 4.69) is 158 Å². The summed E-state index contributed by atoms with van der Waals surface area (Å²) in [5.41, 5.74) is 8.97. The minimum absolute atomic E-state index is 0.654. The number of amidine groups is 1. The van der Waals surface area contributed by atoms with Gasteiger partial charge in [0, 0.05) is 28.3 Å². The van der Waals surface area contributed by atoms with Gasteiger partial charge >= 0.3 is 0 Å². The van der Waals surface area contributed by atoms with E-state index < -0.39 is 0 Å². The third-order valence-electron chi connectivity index (χ3n) is 9.90. The van der Waals surface area contributed by atoms with E-state index in [9.17, 15) is 0 Å². The van der Waals surface area contributed by atoms with Crippen LogP contribution in [-0.4, -0.2) is 11.5 Å². The van der Waals surface area contributed by atoms with E-state index in [4.69, 9.17) is 14.4 Å². The molecule has 3 nitrogen and oxygen atoms in total. The summed E-state index contributed by atoms with van der Waals surface area (Å²) in [5, 5.41) is 9.32. The molecule has 0 radical (unpaired) electrons. The van der Waals surface area contributed by atoms with Gasteiger partial charge in [-0.1, -0.05) is 133 Å². The molecular formula is C47H30N2O. The van der Waals surface area contributed by atoms with E-state index in [-0.39, 0.29) is 0 Å². The lowest BCUT2D eigenvalue weighted by Gasteiger charge is -2.09. The van der Waals surface area contributed by atoms with Gasteiger partial charge in [0.15, 0.2) is 5.84 Å². The molecule has 3 heteroatoms. The minimum Gasteiger partial charge on any atom is -0.456 e. The number of benzene rings is 8. The third kappa shape index (κ3) is 4.91. The lowest BCUT2D eigenvalue weighted by Crippen LogP contribution is -2.05. The smallest absolute Gasteiger partial charge is 0.160 e. The van der Waals surface area contributed by atoms with Crippen LogP contribution in [0.25, 0.3) is 71.1 Å². The van der Waals surface area contributed by atoms with Crippen molar-refractivity contribution in [3.05, 3.63) is 187 Å². The van der Waals surface area contributed by atoms with E-state index >= 15 is 0 Å². The first-order valence-electron chi connectivity index (χ1n) is 17.0. The van der Waals surface area contributed by atoms with Crippen molar-refractivity contribution in [2.75, 3.05) is 0 Å². The van der Waals surface area contributed by atoms with E-state index in [1.165, 1.54) is 37.9 Å². The van der Waals surface area contributed by atoms with Gasteiger partial charge in [-0.3, -0.25) is 0 Å². The van der Waals surface area contributed by atoms with Crippen LogP contribution >= 0.6 is 0 Å². The van der Waals surface area contributed by atoms with Crippen molar-refractivity contribution < 1.29 is 4.42 Å². The van der Waals surface area contributed by atoms with Gasteiger partial charge in [0.2, 0.25) is 0 Å². The van der Waals surface area contributed by atoms with Gasteiger partial charge in [-0.05, 0) is 85.4 Å². The van der Waals surface area contributed by atoms with Crippen LogP contribution in [-0.2, 0) is 0 Å². The molecule has 0 unspecified atom stereocenters. The third-order valence-corrected chi connectivity index (χ3v) is 9.90. The first kappa shape index (κ1) is 28.4. The molecule has 0 fully saturated rings. The van der Waals surface area contributed by atoms with Crippen molar-refractivity contribution in [1.29, 1.82) is 0 Å². The van der Waals surface area contributed by atoms with Crippen molar-refractivity contribution in [1.82, 2.24) is 0 Å². The van der Waals surface area contributed by atoms with Crippen LogP contribution in [0.5, 0.6) is 0 Å². The van der Waals surface area contributed by atoms with Crippen molar-refractivity contribution in [3.63, 3.8) is 0 Å². The SMILES string of the molecule is C1=C(c2ccc3ccccc3c2)N=C(c2cccc3oc4ccc(-c5ccc6ccccc6c5)cc4c23)N=C(c2ccc3ccccc3c2)C1. The number of furan rings is 1. The topological polar surface area (TPSA) is 37.9 Å². The Labute approximate surface area is 289 Å². The number of hydrogen-bond acceptors (Lipinski definition) is 3. The number of nitrogens with zero attached hydrogens (tertiary/aromatic N) is 2. The summed E-state index contributed by atoms with van der Waals surface area (Å²) in [4.78, 5) is 10.7. The fraction of sp³-hybridized carbons (Fsp3) is 0.0213. The molecule has 0 amide bonds. The zero-order chi connectivity index (χ0) is 33.0. The molecule has 234 valence electrons. The van der Waals surface area contributed by atoms with Gasteiger partial charge in [0.25, 0.3) is 0 Å². The average Bonchev–Trinajstić information content (AvgIpc) is 3.41. The lowest BCUT2D eigenvalue weighted by atomic mass is 9.98. The zero-order valence-electron chi connectivity index (χ0n) is 27.2. The second-order valence-electron chi connectivity index (χ2n) is 13.0. The molecule has 0 spiro atoms. The van der Waals surface area contributed by atoms with Crippen LogP contribution in [0.4, 0.5) is 0 Å². The quantitative estimate of drug-likeness (QED) is 0.189. The standard InChI is InChI=1S/C47H30N2O/c1-4-11-33-26-36(19-16-30(33)8-1)37-22-25-44-41(29-37)46-40(14-7-15-45(46)50-44)47-48-42(38-20-17-31-9-2-5-12-34(31)27-38)23-24-43(49-47)39-21-18-32-10-3-6-13-35(32)28-39/h1-23,25-29H,24H2. The Morgan fingerprint density at radius 3 is 1.68 bits per heavy atom. The highest BCUT2D eigenvalue weighted by Gasteiger charge is 2.20. The van der Waals surface area contributed by atoms with Gasteiger partial charge in [0.05, 0.1) is 11.4 Å². The van der Waals surface area contributed by atoms with E-state index in [0.29, 0.717) is 12.3 Å². The van der Waals surface area contributed by atoms with E-state index in [1.807, 2.05) is 12.1 Å². The summed E-state index contributed by atoms with van der Waals surface area (Å²) in [5.74, 6) is 0.675. The summed E-state index contributed by atoms with van der Waals surface area (Å²) in [6.45, 7) is 0. The van der Waals surface area contributed by atoms with Gasteiger partial charge in [0.1, 0.15) is 11.2 Å². The molecule has 9 aromatic rings. The molecule has 0 aliphatic carbocycles. The Hall–Kier alpha value is -6.58. The maximum Gasteiger partial charge on any atom is 0.160 e. The molecule has 1 aromatic heterocycles. The fourth-order valence-electron chi connectivity index (χ4n) is 7.32. The summed E-state index contributed by atoms with van der Waals surface area (Å²) in [6, 6.07) is 57.9. The monoisotopic (exact) mass is 638 g/mol. The first-order valence-corrected chi connectivity index (χ1v) is 17.0. The minimum atomic E-state index is 0.654. The molecule has 0 bridgehead atoms. The Morgan fingerprint density at radius 2 is 0.980 bits per heavy atom. The summed E-state index contributed by atoms with van der Waals surface area (Å²) in [6.07, 6.45) is 2.87. The number of fused-ring (bicyclic) bond motifs is 6. The van der Waals surface area contributed by atoms with Gasteiger partial charge in [-0.25, -0.2) is 9.98 Å². The summed E-state index contributed by atoms with van der Waals surface area (Å²) < 4.78 is 6.48. The molecular weight excluding hydrogens is 609 g/mol. The Morgan fingerprint density at radius 1 is 0.420 bits per heavy atom. The summed E-state index contributed by atoms with van der Waals surface area (Å²) >= 11 is 0. The summed E-state index contributed by atoms with van der Waals surface area (Å²) in [7, 11) is 0. The second kappa shape index (κ2) is 11.5. The predicted octanol–water partition coefficient (Wildman–Crippen LogP) is 12.4. The van der Waals surface area contributed by atoms with Crippen LogP contribution in [0.15, 0.2) is 184 Å². The Balaban J connectivity index is 1.17. The average molecular weight is 639 g/mol. The highest BCUT2D eigenvalue weighted by atomic mass is 16.3.